The van der Waals surface area contributed by atoms with Gasteiger partial charge in [-0.15, -0.1) is 24.0 Å². The maximum atomic E-state index is 11.6. The zero-order chi connectivity index (χ0) is 15.0. The molecule has 1 aliphatic heterocycles. The molecule has 2 N–H and O–H groups in total. The van der Waals surface area contributed by atoms with Crippen molar-refractivity contribution in [3.8, 4) is 0 Å². The molecule has 1 rings (SSSR count). The Morgan fingerprint density at radius 1 is 1.33 bits per heavy atom. The molecule has 0 aromatic heterocycles. The summed E-state index contributed by atoms with van der Waals surface area (Å²) in [6.45, 7) is 8.38. The smallest absolute Gasteiger partial charge is 0.243 e. The van der Waals surface area contributed by atoms with E-state index in [1.807, 2.05) is 6.92 Å². The van der Waals surface area contributed by atoms with Crippen LogP contribution >= 0.6 is 24.0 Å². The lowest BCUT2D eigenvalue weighted by Crippen LogP contribution is -2.45. The van der Waals surface area contributed by atoms with E-state index in [1.165, 1.54) is 19.4 Å². The highest BCUT2D eigenvalue weighted by molar-refractivity contribution is 14.0. The number of carbonyl (C=O) groups excluding carboxylic acids is 1. The van der Waals surface area contributed by atoms with E-state index in [-0.39, 0.29) is 36.4 Å². The van der Waals surface area contributed by atoms with Crippen LogP contribution in [0.25, 0.3) is 0 Å². The number of amides is 1. The van der Waals surface area contributed by atoms with Gasteiger partial charge in [0.15, 0.2) is 5.96 Å². The van der Waals surface area contributed by atoms with Crippen LogP contribution in [0.2, 0.25) is 0 Å². The largest absolute Gasteiger partial charge is 0.357 e. The molecule has 1 heterocycles. The number of likely N-dealkylation sites (N-methyl/N-ethyl adjacent to an activating group) is 2. The zero-order valence-electron chi connectivity index (χ0n) is 13.7. The van der Waals surface area contributed by atoms with Crippen molar-refractivity contribution in [1.29, 1.82) is 0 Å². The number of likely N-dealkylation sites (tertiary alicyclic amines) is 1. The molecule has 1 unspecified atom stereocenters. The fourth-order valence-corrected chi connectivity index (χ4v) is 2.39. The second-order valence-electron chi connectivity index (χ2n) is 5.29. The van der Waals surface area contributed by atoms with Crippen molar-refractivity contribution in [2.24, 2.45) is 4.99 Å². The topological polar surface area (TPSA) is 60.0 Å². The van der Waals surface area contributed by atoms with Crippen molar-refractivity contribution in [3.05, 3.63) is 0 Å². The average molecular weight is 411 g/mol. The minimum Gasteiger partial charge on any atom is -0.357 e. The highest BCUT2D eigenvalue weighted by Crippen LogP contribution is 2.15. The van der Waals surface area contributed by atoms with Crippen LogP contribution in [0.4, 0.5) is 0 Å². The second kappa shape index (κ2) is 11.1. The van der Waals surface area contributed by atoms with Crippen LogP contribution in [-0.4, -0.2) is 74.5 Å². The van der Waals surface area contributed by atoms with Crippen LogP contribution in [0.15, 0.2) is 4.99 Å². The number of guanidine groups is 1. The van der Waals surface area contributed by atoms with E-state index in [2.05, 4.69) is 27.4 Å². The summed E-state index contributed by atoms with van der Waals surface area (Å²) in [7, 11) is 3.49. The predicted molar refractivity (Wildman–Crippen MR) is 98.4 cm³/mol. The van der Waals surface area contributed by atoms with Crippen molar-refractivity contribution in [3.63, 3.8) is 0 Å². The van der Waals surface area contributed by atoms with E-state index in [9.17, 15) is 4.79 Å². The monoisotopic (exact) mass is 411 g/mol. The standard InChI is InChI=1S/C14H29N5O.HI/c1-5-15-14(17-11-13(20)18(3)4)16-10-12-8-7-9-19(12)6-2;/h12H,5-11H2,1-4H3,(H2,15,16,17);1H. The fourth-order valence-electron chi connectivity index (χ4n) is 2.39. The van der Waals surface area contributed by atoms with E-state index in [0.717, 1.165) is 25.6 Å². The van der Waals surface area contributed by atoms with Crippen molar-refractivity contribution < 1.29 is 4.79 Å². The summed E-state index contributed by atoms with van der Waals surface area (Å²) in [4.78, 5) is 19.9. The van der Waals surface area contributed by atoms with Gasteiger partial charge in [0.1, 0.15) is 6.54 Å². The van der Waals surface area contributed by atoms with Gasteiger partial charge in [0, 0.05) is 33.2 Å². The van der Waals surface area contributed by atoms with E-state index in [0.29, 0.717) is 6.04 Å². The SMILES string of the molecule is CCNC(=NCC(=O)N(C)C)NCC1CCCN1CC.I. The third-order valence-electron chi connectivity index (χ3n) is 3.63. The summed E-state index contributed by atoms with van der Waals surface area (Å²) in [5.74, 6) is 0.740. The summed E-state index contributed by atoms with van der Waals surface area (Å²) in [5.41, 5.74) is 0. The van der Waals surface area contributed by atoms with E-state index < -0.39 is 0 Å². The molecule has 1 amide bonds. The molecule has 0 radical (unpaired) electrons. The number of hydrogen-bond acceptors (Lipinski definition) is 3. The Kier molecular flexibility index (Phi) is 10.8. The molecule has 124 valence electrons. The number of aliphatic imine (C=N–C) groups is 1. The second-order valence-corrected chi connectivity index (χ2v) is 5.29. The first-order chi connectivity index (χ1) is 9.58. The summed E-state index contributed by atoms with van der Waals surface area (Å²) >= 11 is 0. The van der Waals surface area contributed by atoms with Crippen molar-refractivity contribution in [1.82, 2.24) is 20.4 Å². The van der Waals surface area contributed by atoms with Crippen LogP contribution in [0.1, 0.15) is 26.7 Å². The minimum atomic E-state index is 0. The molecule has 0 spiro atoms. The van der Waals surface area contributed by atoms with Crippen molar-refractivity contribution in [2.75, 3.05) is 46.8 Å². The number of nitrogens with zero attached hydrogens (tertiary/aromatic N) is 3. The Labute approximate surface area is 145 Å². The number of rotatable bonds is 6. The molecule has 0 aliphatic carbocycles. The number of carbonyl (C=O) groups is 1. The Morgan fingerprint density at radius 2 is 2.05 bits per heavy atom. The lowest BCUT2D eigenvalue weighted by Gasteiger charge is -2.24. The Bertz CT molecular complexity index is 335. The van der Waals surface area contributed by atoms with E-state index in [4.69, 9.17) is 0 Å². The lowest BCUT2D eigenvalue weighted by atomic mass is 10.2. The first kappa shape index (κ1) is 20.4. The maximum Gasteiger partial charge on any atom is 0.243 e. The fraction of sp³-hybridized carbons (Fsp3) is 0.857. The van der Waals surface area contributed by atoms with Gasteiger partial charge in [-0.2, -0.15) is 0 Å². The van der Waals surface area contributed by atoms with Gasteiger partial charge in [0.05, 0.1) is 0 Å². The van der Waals surface area contributed by atoms with Gasteiger partial charge in [0.2, 0.25) is 5.91 Å². The number of halogens is 1. The van der Waals surface area contributed by atoms with Gasteiger partial charge in [-0.1, -0.05) is 6.92 Å². The van der Waals surface area contributed by atoms with Crippen LogP contribution in [0, 0.1) is 0 Å². The first-order valence-electron chi connectivity index (χ1n) is 7.54. The Balaban J connectivity index is 0.00000400. The maximum absolute atomic E-state index is 11.6. The van der Waals surface area contributed by atoms with E-state index in [1.54, 1.807) is 19.0 Å². The molecular formula is C14H30IN5O. The van der Waals surface area contributed by atoms with Gasteiger partial charge >= 0.3 is 0 Å². The molecule has 1 aliphatic rings. The third kappa shape index (κ3) is 7.30. The molecule has 21 heavy (non-hydrogen) atoms. The van der Waals surface area contributed by atoms with E-state index >= 15 is 0 Å². The molecule has 0 aromatic rings. The Morgan fingerprint density at radius 3 is 2.62 bits per heavy atom. The molecule has 1 fully saturated rings. The van der Waals surface area contributed by atoms with Gasteiger partial charge in [0.25, 0.3) is 0 Å². The zero-order valence-corrected chi connectivity index (χ0v) is 16.0. The lowest BCUT2D eigenvalue weighted by molar-refractivity contribution is -0.127. The summed E-state index contributed by atoms with van der Waals surface area (Å²) < 4.78 is 0. The van der Waals surface area contributed by atoms with Crippen LogP contribution in [0.5, 0.6) is 0 Å². The van der Waals surface area contributed by atoms with Gasteiger partial charge in [-0.25, -0.2) is 4.99 Å². The molecule has 7 heteroatoms. The normalized spacial score (nSPS) is 19.0. The summed E-state index contributed by atoms with van der Waals surface area (Å²) in [6, 6.07) is 0.577. The molecule has 0 bridgehead atoms. The van der Waals surface area contributed by atoms with Gasteiger partial charge in [-0.05, 0) is 32.9 Å². The highest BCUT2D eigenvalue weighted by Gasteiger charge is 2.22. The number of hydrogen-bond donors (Lipinski definition) is 2. The molecule has 0 saturated carbocycles. The summed E-state index contributed by atoms with van der Waals surface area (Å²) in [5, 5.41) is 6.53. The summed E-state index contributed by atoms with van der Waals surface area (Å²) in [6.07, 6.45) is 2.50. The minimum absolute atomic E-state index is 0. The van der Waals surface area contributed by atoms with Crippen molar-refractivity contribution in [2.45, 2.75) is 32.7 Å². The van der Waals surface area contributed by atoms with Gasteiger partial charge < -0.3 is 15.5 Å². The van der Waals surface area contributed by atoms with Crippen molar-refractivity contribution >= 4 is 35.8 Å². The Hall–Kier alpha value is -0.570. The molecule has 0 aromatic carbocycles. The predicted octanol–water partition coefficient (Wildman–Crippen LogP) is 0.732. The highest BCUT2D eigenvalue weighted by atomic mass is 127. The first-order valence-corrected chi connectivity index (χ1v) is 7.54. The van der Waals surface area contributed by atoms with Gasteiger partial charge in [-0.3, -0.25) is 9.69 Å². The quantitative estimate of drug-likeness (QED) is 0.385. The molecule has 6 nitrogen and oxygen atoms in total. The average Bonchev–Trinajstić information content (AvgIpc) is 2.88. The molecular weight excluding hydrogens is 381 g/mol. The third-order valence-corrected chi connectivity index (χ3v) is 3.63. The molecule has 1 saturated heterocycles. The van der Waals surface area contributed by atoms with Crippen LogP contribution in [-0.2, 0) is 4.79 Å². The van der Waals surface area contributed by atoms with Crippen LogP contribution < -0.4 is 10.6 Å². The molecule has 1 atom stereocenters. The number of nitrogens with one attached hydrogen (secondary N) is 2. The van der Waals surface area contributed by atoms with Crippen LogP contribution in [0.3, 0.4) is 0 Å².